The van der Waals surface area contributed by atoms with Gasteiger partial charge in [0, 0.05) is 39.3 Å². The summed E-state index contributed by atoms with van der Waals surface area (Å²) in [5, 5.41) is 2.84. The molecule has 0 unspecified atom stereocenters. The highest BCUT2D eigenvalue weighted by molar-refractivity contribution is 7.89. The van der Waals surface area contributed by atoms with Crippen LogP contribution >= 0.6 is 12.4 Å². The molecule has 1 heterocycles. The van der Waals surface area contributed by atoms with Gasteiger partial charge in [-0.25, -0.2) is 8.42 Å². The number of sulfonamides is 1. The number of benzene rings is 2. The average molecular weight is 484 g/mol. The zero-order valence-corrected chi connectivity index (χ0v) is 20.0. The molecule has 32 heavy (non-hydrogen) atoms. The van der Waals surface area contributed by atoms with Gasteiger partial charge in [0.05, 0.1) is 12.0 Å². The number of nitrogens with one attached hydrogen (secondary N) is 1. The number of carbonyl (C=O) groups excluding carboxylic acids is 1. The molecular formula is C22H30ClN3O5S. The van der Waals surface area contributed by atoms with Crippen molar-refractivity contribution in [2.45, 2.75) is 11.8 Å². The van der Waals surface area contributed by atoms with Crippen LogP contribution in [-0.2, 0) is 14.8 Å². The zero-order chi connectivity index (χ0) is 22.3. The molecule has 1 N–H and O–H groups in total. The topological polar surface area (TPSA) is 88.2 Å². The van der Waals surface area contributed by atoms with E-state index in [9.17, 15) is 13.2 Å². The molecule has 8 nitrogen and oxygen atoms in total. The van der Waals surface area contributed by atoms with E-state index in [1.807, 2.05) is 31.2 Å². The number of rotatable bonds is 9. The minimum absolute atomic E-state index is 0. The number of piperazine rings is 1. The van der Waals surface area contributed by atoms with E-state index in [4.69, 9.17) is 9.47 Å². The van der Waals surface area contributed by atoms with Gasteiger partial charge in [-0.3, -0.25) is 9.69 Å². The van der Waals surface area contributed by atoms with Gasteiger partial charge >= 0.3 is 0 Å². The third-order valence-corrected chi connectivity index (χ3v) is 7.05. The van der Waals surface area contributed by atoms with Crippen LogP contribution in [-0.4, -0.2) is 76.5 Å². The van der Waals surface area contributed by atoms with E-state index in [-0.39, 0.29) is 29.8 Å². The van der Waals surface area contributed by atoms with Crippen LogP contribution in [0.25, 0.3) is 0 Å². The summed E-state index contributed by atoms with van der Waals surface area (Å²) in [6, 6.07) is 14.0. The monoisotopic (exact) mass is 483 g/mol. The second kappa shape index (κ2) is 12.1. The first-order valence-electron chi connectivity index (χ1n) is 10.2. The Kier molecular flexibility index (Phi) is 9.77. The number of hydrogen-bond donors (Lipinski definition) is 1. The summed E-state index contributed by atoms with van der Waals surface area (Å²) in [4.78, 5) is 14.4. The number of amides is 1. The van der Waals surface area contributed by atoms with Gasteiger partial charge in [-0.2, -0.15) is 4.31 Å². The Morgan fingerprint density at radius 1 is 1.03 bits per heavy atom. The molecule has 0 aliphatic carbocycles. The minimum Gasteiger partial charge on any atom is -0.497 e. The highest BCUT2D eigenvalue weighted by atomic mass is 35.5. The fourth-order valence-electron chi connectivity index (χ4n) is 3.35. The van der Waals surface area contributed by atoms with Gasteiger partial charge in [0.1, 0.15) is 11.5 Å². The summed E-state index contributed by atoms with van der Waals surface area (Å²) in [5.74, 6) is 1.11. The van der Waals surface area contributed by atoms with Crippen molar-refractivity contribution in [3.63, 3.8) is 0 Å². The van der Waals surface area contributed by atoms with Crippen molar-refractivity contribution in [3.8, 4) is 11.5 Å². The van der Waals surface area contributed by atoms with Crippen LogP contribution in [0.2, 0.25) is 0 Å². The molecule has 0 atom stereocenters. The summed E-state index contributed by atoms with van der Waals surface area (Å²) >= 11 is 0. The SMILES string of the molecule is COc1ccc(S(=O)(=O)N2CCN(CCNC(=O)COc3cccc(C)c3)CC2)cc1.Cl. The van der Waals surface area contributed by atoms with Crippen molar-refractivity contribution >= 4 is 28.3 Å². The molecule has 1 aliphatic rings. The molecule has 1 amide bonds. The number of nitrogens with zero attached hydrogens (tertiary/aromatic N) is 2. The third kappa shape index (κ3) is 7.09. The lowest BCUT2D eigenvalue weighted by atomic mass is 10.2. The Morgan fingerprint density at radius 2 is 1.72 bits per heavy atom. The number of methoxy groups -OCH3 is 1. The standard InChI is InChI=1S/C22H29N3O5S.ClH/c1-18-4-3-5-20(16-18)30-17-22(26)23-10-11-24-12-14-25(15-13-24)31(27,28)21-8-6-19(29-2)7-9-21;/h3-9,16H,10-15,17H2,1-2H3,(H,23,26);1H. The van der Waals surface area contributed by atoms with Gasteiger partial charge < -0.3 is 14.8 Å². The molecule has 3 rings (SSSR count). The molecule has 176 valence electrons. The molecule has 10 heteroatoms. The van der Waals surface area contributed by atoms with Crippen LogP contribution in [0.5, 0.6) is 11.5 Å². The van der Waals surface area contributed by atoms with E-state index in [0.29, 0.717) is 50.8 Å². The van der Waals surface area contributed by atoms with E-state index < -0.39 is 10.0 Å². The zero-order valence-electron chi connectivity index (χ0n) is 18.3. The van der Waals surface area contributed by atoms with Gasteiger partial charge in [0.2, 0.25) is 10.0 Å². The first-order valence-corrected chi connectivity index (χ1v) is 11.7. The molecule has 0 aromatic heterocycles. The number of aryl methyl sites for hydroxylation is 1. The summed E-state index contributed by atoms with van der Waals surface area (Å²) in [6.45, 7) is 5.15. The van der Waals surface area contributed by atoms with Gasteiger partial charge in [-0.1, -0.05) is 12.1 Å². The lowest BCUT2D eigenvalue weighted by Crippen LogP contribution is -2.50. The van der Waals surface area contributed by atoms with Crippen molar-refractivity contribution in [1.29, 1.82) is 0 Å². The maximum absolute atomic E-state index is 12.8. The molecule has 2 aromatic rings. The maximum Gasteiger partial charge on any atom is 0.257 e. The van der Waals surface area contributed by atoms with Gasteiger partial charge in [0.15, 0.2) is 6.61 Å². The minimum atomic E-state index is -3.52. The maximum atomic E-state index is 12.8. The Morgan fingerprint density at radius 3 is 2.34 bits per heavy atom. The summed E-state index contributed by atoms with van der Waals surface area (Å²) in [7, 11) is -1.97. The average Bonchev–Trinajstić information content (AvgIpc) is 2.78. The van der Waals surface area contributed by atoms with Crippen molar-refractivity contribution in [3.05, 3.63) is 54.1 Å². The fourth-order valence-corrected chi connectivity index (χ4v) is 4.77. The van der Waals surface area contributed by atoms with Crippen LogP contribution in [0.15, 0.2) is 53.4 Å². The molecule has 0 spiro atoms. The van der Waals surface area contributed by atoms with Crippen molar-refractivity contribution in [1.82, 2.24) is 14.5 Å². The largest absolute Gasteiger partial charge is 0.497 e. The van der Waals surface area contributed by atoms with Gasteiger partial charge in [-0.15, -0.1) is 12.4 Å². The fraction of sp³-hybridized carbons (Fsp3) is 0.409. The highest BCUT2D eigenvalue weighted by Crippen LogP contribution is 2.20. The molecule has 2 aromatic carbocycles. The van der Waals surface area contributed by atoms with E-state index >= 15 is 0 Å². The quantitative estimate of drug-likeness (QED) is 0.586. The molecule has 0 radical (unpaired) electrons. The van der Waals surface area contributed by atoms with Crippen LogP contribution in [0.4, 0.5) is 0 Å². The van der Waals surface area contributed by atoms with Gasteiger partial charge in [0.25, 0.3) is 5.91 Å². The molecule has 1 fully saturated rings. The van der Waals surface area contributed by atoms with Crippen LogP contribution in [0, 0.1) is 6.92 Å². The van der Waals surface area contributed by atoms with Crippen molar-refractivity contribution in [2.75, 3.05) is 53.0 Å². The van der Waals surface area contributed by atoms with Crippen LogP contribution in [0.1, 0.15) is 5.56 Å². The van der Waals surface area contributed by atoms with Gasteiger partial charge in [-0.05, 0) is 48.9 Å². The summed E-state index contributed by atoms with van der Waals surface area (Å²) in [6.07, 6.45) is 0. The first-order chi connectivity index (χ1) is 14.9. The van der Waals surface area contributed by atoms with E-state index in [0.717, 1.165) is 5.56 Å². The second-order valence-corrected chi connectivity index (χ2v) is 9.31. The highest BCUT2D eigenvalue weighted by Gasteiger charge is 2.28. The van der Waals surface area contributed by atoms with E-state index in [1.165, 1.54) is 4.31 Å². The third-order valence-electron chi connectivity index (χ3n) is 5.14. The van der Waals surface area contributed by atoms with E-state index in [2.05, 4.69) is 10.2 Å². The molecule has 0 saturated carbocycles. The van der Waals surface area contributed by atoms with E-state index in [1.54, 1.807) is 31.4 Å². The Bertz CT molecular complexity index is 977. The first kappa shape index (κ1) is 25.9. The molecular weight excluding hydrogens is 454 g/mol. The number of ether oxygens (including phenoxy) is 2. The number of hydrogen-bond acceptors (Lipinski definition) is 6. The Balaban J connectivity index is 0.00000363. The predicted molar refractivity (Wildman–Crippen MR) is 125 cm³/mol. The Labute approximate surface area is 196 Å². The molecule has 1 aliphatic heterocycles. The molecule has 0 bridgehead atoms. The predicted octanol–water partition coefficient (Wildman–Crippen LogP) is 1.93. The Hall–Kier alpha value is -2.33. The number of carbonyl (C=O) groups is 1. The molecule has 1 saturated heterocycles. The smallest absolute Gasteiger partial charge is 0.257 e. The second-order valence-electron chi connectivity index (χ2n) is 7.38. The summed E-state index contributed by atoms with van der Waals surface area (Å²) in [5.41, 5.74) is 1.08. The van der Waals surface area contributed by atoms with Crippen LogP contribution in [0.3, 0.4) is 0 Å². The van der Waals surface area contributed by atoms with Crippen molar-refractivity contribution in [2.24, 2.45) is 0 Å². The summed E-state index contributed by atoms with van der Waals surface area (Å²) < 4.78 is 37.7. The van der Waals surface area contributed by atoms with Crippen LogP contribution < -0.4 is 14.8 Å². The van der Waals surface area contributed by atoms with Crippen molar-refractivity contribution < 1.29 is 22.7 Å². The lowest BCUT2D eigenvalue weighted by molar-refractivity contribution is -0.123. The normalized spacial score (nSPS) is 14.9. The lowest BCUT2D eigenvalue weighted by Gasteiger charge is -2.34. The number of halogens is 1.